The van der Waals surface area contributed by atoms with E-state index in [2.05, 4.69) is 10.3 Å². The maximum Gasteiger partial charge on any atom is 0.337 e. The molecule has 2 N–H and O–H groups in total. The van der Waals surface area contributed by atoms with E-state index in [1.165, 1.54) is 12.3 Å². The van der Waals surface area contributed by atoms with Gasteiger partial charge in [0.25, 0.3) is 0 Å². The molecule has 146 valence electrons. The van der Waals surface area contributed by atoms with Crippen LogP contribution in [0.4, 0.5) is 16.3 Å². The predicted molar refractivity (Wildman–Crippen MR) is 102 cm³/mol. The molecule has 0 bridgehead atoms. The first-order chi connectivity index (χ1) is 13.5. The van der Waals surface area contributed by atoms with E-state index >= 15 is 0 Å². The highest BCUT2D eigenvalue weighted by Gasteiger charge is 2.24. The van der Waals surface area contributed by atoms with Gasteiger partial charge in [-0.05, 0) is 18.2 Å². The first-order valence-corrected chi connectivity index (χ1v) is 8.98. The second kappa shape index (κ2) is 7.43. The van der Waals surface area contributed by atoms with Crippen LogP contribution in [0.1, 0.15) is 10.4 Å². The largest absolute Gasteiger partial charge is 0.478 e. The zero-order chi connectivity index (χ0) is 19.7. The Morgan fingerprint density at radius 1 is 1.11 bits per heavy atom. The van der Waals surface area contributed by atoms with Crippen LogP contribution in [0.15, 0.2) is 30.5 Å². The molecular formula is C18H17ClN4O5. The Labute approximate surface area is 165 Å². The number of aromatic nitrogens is 1. The van der Waals surface area contributed by atoms with Crippen LogP contribution in [0.3, 0.4) is 0 Å². The van der Waals surface area contributed by atoms with Crippen molar-refractivity contribution in [2.45, 2.75) is 0 Å². The molecule has 3 heterocycles. The lowest BCUT2D eigenvalue weighted by Gasteiger charge is -2.35. The summed E-state index contributed by atoms with van der Waals surface area (Å²) in [6, 6.07) is 6.41. The highest BCUT2D eigenvalue weighted by atomic mass is 35.5. The van der Waals surface area contributed by atoms with Crippen molar-refractivity contribution in [3.63, 3.8) is 0 Å². The van der Waals surface area contributed by atoms with Gasteiger partial charge in [-0.25, -0.2) is 14.6 Å². The minimum absolute atomic E-state index is 0.0375. The zero-order valence-electron chi connectivity index (χ0n) is 14.7. The van der Waals surface area contributed by atoms with Crippen molar-refractivity contribution in [2.24, 2.45) is 0 Å². The lowest BCUT2D eigenvalue weighted by atomic mass is 10.2. The molecule has 0 saturated carbocycles. The molecule has 4 rings (SSSR count). The molecule has 1 aromatic carbocycles. The standard InChI is InChI=1S/C18H17ClN4O5/c19-13-7-11(17(24)25)9-20-16(13)22-3-5-23(6-4-22)18(26)21-12-1-2-14-15(8-12)28-10-27-14/h1-2,7-9H,3-6,10H2,(H,21,26)(H,24,25). The predicted octanol–water partition coefficient (Wildman–Crippen LogP) is 2.52. The van der Waals surface area contributed by atoms with Crippen molar-refractivity contribution in [3.05, 3.63) is 41.0 Å². The van der Waals surface area contributed by atoms with Crippen LogP contribution in [0.2, 0.25) is 5.02 Å². The molecule has 1 fully saturated rings. The maximum atomic E-state index is 12.5. The number of carbonyl (C=O) groups excluding carboxylic acids is 1. The number of benzene rings is 1. The molecule has 2 aromatic rings. The van der Waals surface area contributed by atoms with Gasteiger partial charge < -0.3 is 29.7 Å². The Kier molecular flexibility index (Phi) is 4.82. The van der Waals surface area contributed by atoms with Gasteiger partial charge >= 0.3 is 12.0 Å². The fourth-order valence-corrected chi connectivity index (χ4v) is 3.36. The van der Waals surface area contributed by atoms with E-state index in [1.54, 1.807) is 23.1 Å². The van der Waals surface area contributed by atoms with Gasteiger partial charge in [0.2, 0.25) is 6.79 Å². The Morgan fingerprint density at radius 2 is 1.86 bits per heavy atom. The summed E-state index contributed by atoms with van der Waals surface area (Å²) in [6.07, 6.45) is 1.28. The van der Waals surface area contributed by atoms with E-state index < -0.39 is 5.97 Å². The van der Waals surface area contributed by atoms with E-state index in [0.717, 1.165) is 0 Å². The van der Waals surface area contributed by atoms with Crippen LogP contribution in [-0.4, -0.2) is 60.0 Å². The quantitative estimate of drug-likeness (QED) is 0.809. The number of carbonyl (C=O) groups is 2. The van der Waals surface area contributed by atoms with Crippen LogP contribution >= 0.6 is 11.6 Å². The number of urea groups is 1. The smallest absolute Gasteiger partial charge is 0.337 e. The summed E-state index contributed by atoms with van der Waals surface area (Å²) >= 11 is 6.18. The van der Waals surface area contributed by atoms with Gasteiger partial charge in [-0.3, -0.25) is 0 Å². The Morgan fingerprint density at radius 3 is 2.57 bits per heavy atom. The van der Waals surface area contributed by atoms with E-state index in [-0.39, 0.29) is 23.4 Å². The normalized spacial score (nSPS) is 15.5. The van der Waals surface area contributed by atoms with Gasteiger partial charge in [0, 0.05) is 44.1 Å². The van der Waals surface area contributed by atoms with Crippen LogP contribution < -0.4 is 19.7 Å². The minimum Gasteiger partial charge on any atom is -0.478 e. The summed E-state index contributed by atoms with van der Waals surface area (Å²) in [5, 5.41) is 12.1. The molecule has 1 saturated heterocycles. The number of amides is 2. The second-order valence-corrected chi connectivity index (χ2v) is 6.71. The molecule has 0 spiro atoms. The Balaban J connectivity index is 1.36. The minimum atomic E-state index is -1.08. The third-order valence-electron chi connectivity index (χ3n) is 4.56. The van der Waals surface area contributed by atoms with Crippen LogP contribution in [0.5, 0.6) is 11.5 Å². The van der Waals surface area contributed by atoms with Gasteiger partial charge in [-0.1, -0.05) is 11.6 Å². The number of rotatable bonds is 3. The first-order valence-electron chi connectivity index (χ1n) is 8.60. The molecule has 0 atom stereocenters. The summed E-state index contributed by atoms with van der Waals surface area (Å²) < 4.78 is 10.6. The number of halogens is 1. The Bertz CT molecular complexity index is 930. The summed E-state index contributed by atoms with van der Waals surface area (Å²) in [5.41, 5.74) is 0.668. The molecule has 1 aromatic heterocycles. The number of fused-ring (bicyclic) bond motifs is 1. The van der Waals surface area contributed by atoms with Gasteiger partial charge in [0.05, 0.1) is 10.6 Å². The molecule has 2 aliphatic heterocycles. The topological polar surface area (TPSA) is 104 Å². The molecule has 0 aliphatic carbocycles. The van der Waals surface area contributed by atoms with E-state index in [9.17, 15) is 9.59 Å². The van der Waals surface area contributed by atoms with Gasteiger partial charge in [0.1, 0.15) is 5.82 Å². The second-order valence-electron chi connectivity index (χ2n) is 6.31. The van der Waals surface area contributed by atoms with E-state index in [0.29, 0.717) is 49.2 Å². The van der Waals surface area contributed by atoms with E-state index in [1.807, 2.05) is 4.90 Å². The molecule has 9 nitrogen and oxygen atoms in total. The number of carboxylic acid groups (broad SMARTS) is 1. The number of anilines is 2. The number of piperazine rings is 1. The van der Waals surface area contributed by atoms with Crippen molar-refractivity contribution >= 4 is 35.1 Å². The van der Waals surface area contributed by atoms with Crippen LogP contribution in [-0.2, 0) is 0 Å². The number of nitrogens with zero attached hydrogens (tertiary/aromatic N) is 3. The first kappa shape index (κ1) is 18.2. The number of pyridine rings is 1. The van der Waals surface area contributed by atoms with Crippen LogP contribution in [0.25, 0.3) is 0 Å². The number of ether oxygens (including phenoxy) is 2. The lowest BCUT2D eigenvalue weighted by molar-refractivity contribution is 0.0696. The zero-order valence-corrected chi connectivity index (χ0v) is 15.5. The number of hydrogen-bond donors (Lipinski definition) is 2. The summed E-state index contributed by atoms with van der Waals surface area (Å²) in [6.45, 7) is 2.21. The lowest BCUT2D eigenvalue weighted by Crippen LogP contribution is -2.50. The molecule has 10 heteroatoms. The Hall–Kier alpha value is -3.20. The van der Waals surface area contributed by atoms with Crippen molar-refractivity contribution < 1.29 is 24.2 Å². The summed E-state index contributed by atoms with van der Waals surface area (Å²) in [5.74, 6) is 0.700. The average Bonchev–Trinajstić information content (AvgIpc) is 3.16. The van der Waals surface area contributed by atoms with Crippen molar-refractivity contribution in [1.29, 1.82) is 0 Å². The molecule has 2 aliphatic rings. The number of carboxylic acids is 1. The van der Waals surface area contributed by atoms with Gasteiger partial charge in [-0.2, -0.15) is 0 Å². The molecular weight excluding hydrogens is 388 g/mol. The number of aromatic carboxylic acids is 1. The fraction of sp³-hybridized carbons (Fsp3) is 0.278. The van der Waals surface area contributed by atoms with Crippen LogP contribution in [0, 0.1) is 0 Å². The van der Waals surface area contributed by atoms with Gasteiger partial charge in [-0.15, -0.1) is 0 Å². The fourth-order valence-electron chi connectivity index (χ4n) is 3.08. The number of hydrogen-bond acceptors (Lipinski definition) is 6. The molecule has 0 unspecified atom stereocenters. The van der Waals surface area contributed by atoms with Crippen molar-refractivity contribution in [3.8, 4) is 11.5 Å². The third kappa shape index (κ3) is 3.61. The average molecular weight is 405 g/mol. The summed E-state index contributed by atoms with van der Waals surface area (Å²) in [4.78, 5) is 31.3. The maximum absolute atomic E-state index is 12.5. The highest BCUT2D eigenvalue weighted by Crippen LogP contribution is 2.34. The van der Waals surface area contributed by atoms with Crippen molar-refractivity contribution in [1.82, 2.24) is 9.88 Å². The monoisotopic (exact) mass is 404 g/mol. The SMILES string of the molecule is O=C(O)c1cnc(N2CCN(C(=O)Nc3ccc4c(c3)OCO4)CC2)c(Cl)c1. The summed E-state index contributed by atoms with van der Waals surface area (Å²) in [7, 11) is 0. The van der Waals surface area contributed by atoms with Crippen molar-refractivity contribution in [2.75, 3.05) is 43.2 Å². The van der Waals surface area contributed by atoms with Gasteiger partial charge in [0.15, 0.2) is 11.5 Å². The third-order valence-corrected chi connectivity index (χ3v) is 4.84. The highest BCUT2D eigenvalue weighted by molar-refractivity contribution is 6.33. The molecule has 0 radical (unpaired) electrons. The molecule has 2 amide bonds. The van der Waals surface area contributed by atoms with E-state index in [4.69, 9.17) is 26.2 Å². The molecule has 28 heavy (non-hydrogen) atoms. The number of nitrogens with one attached hydrogen (secondary N) is 1.